The lowest BCUT2D eigenvalue weighted by molar-refractivity contribution is 1.22. The van der Waals surface area contributed by atoms with Gasteiger partial charge in [0.15, 0.2) is 0 Å². The normalized spacial score (nSPS) is 12.3. The fourth-order valence-electron chi connectivity index (χ4n) is 7.00. The van der Waals surface area contributed by atoms with Crippen molar-refractivity contribution in [2.45, 2.75) is 0 Å². The molecule has 3 aromatic heterocycles. The molecule has 10 aromatic rings. The predicted octanol–water partition coefficient (Wildman–Crippen LogP) is 10.1. The molecule has 0 atom stereocenters. The van der Waals surface area contributed by atoms with Crippen LogP contribution in [0.5, 0.6) is 0 Å². The third-order valence-electron chi connectivity index (χ3n) is 8.96. The van der Waals surface area contributed by atoms with Gasteiger partial charge in [-0.2, -0.15) is 0 Å². The highest BCUT2D eigenvalue weighted by Crippen LogP contribution is 2.41. The number of hydrogen-bond donors (Lipinski definition) is 0. The minimum atomic E-state index is 0.959. The molecule has 0 bridgehead atoms. The molecule has 10 rings (SSSR count). The molecule has 0 N–H and O–H groups in total. The molecule has 0 saturated carbocycles. The van der Waals surface area contributed by atoms with Crippen LogP contribution in [0.3, 0.4) is 0 Å². The van der Waals surface area contributed by atoms with Crippen molar-refractivity contribution >= 4 is 65.7 Å². The molecule has 0 aliphatic carbocycles. The lowest BCUT2D eigenvalue weighted by atomic mass is 9.97. The van der Waals surface area contributed by atoms with Crippen LogP contribution >= 0.6 is 0 Å². The van der Waals surface area contributed by atoms with Gasteiger partial charge in [-0.3, -0.25) is 8.80 Å². The molecule has 3 heteroatoms. The van der Waals surface area contributed by atoms with Gasteiger partial charge in [-0.1, -0.05) is 97.1 Å². The molecule has 3 heterocycles. The van der Waals surface area contributed by atoms with Crippen molar-refractivity contribution in [1.82, 2.24) is 13.8 Å². The van der Waals surface area contributed by atoms with Crippen LogP contribution in [0.15, 0.2) is 140 Å². The zero-order valence-electron chi connectivity index (χ0n) is 22.6. The third kappa shape index (κ3) is 2.92. The summed E-state index contributed by atoms with van der Waals surface area (Å²) in [4.78, 5) is 5.27. The standard InChI is InChI=1S/C39H23N3/c1-2-9-24(10-3-1)25-15-8-16-26(17-25)31-19-33-32-18-27-11-4-6-13-29(27)21-35(32)42-38(33)37(23-31)41-36-22-30-14-7-5-12-28(30)20-34(36)40-39(41)42/h1-23H. The highest BCUT2D eigenvalue weighted by Gasteiger charge is 2.22. The summed E-state index contributed by atoms with van der Waals surface area (Å²) in [6.45, 7) is 0. The highest BCUT2D eigenvalue weighted by atomic mass is 15.2. The SMILES string of the molecule is c1ccc(-c2cccc(-c3cc4c5cc6ccccc6cc5n5c4c(c3)n3c4cc6ccccc6cc4nc35)c2)cc1. The monoisotopic (exact) mass is 533 g/mol. The second-order valence-electron chi connectivity index (χ2n) is 11.3. The van der Waals surface area contributed by atoms with Crippen LogP contribution in [0.1, 0.15) is 0 Å². The second kappa shape index (κ2) is 7.96. The van der Waals surface area contributed by atoms with Gasteiger partial charge in [-0.15, -0.1) is 0 Å². The Kier molecular flexibility index (Phi) is 4.18. The fraction of sp³-hybridized carbons (Fsp3) is 0. The molecule has 0 spiro atoms. The van der Waals surface area contributed by atoms with Gasteiger partial charge in [0.05, 0.1) is 27.6 Å². The molecular formula is C39H23N3. The number of nitrogens with zero attached hydrogens (tertiary/aromatic N) is 3. The Morgan fingerprint density at radius 3 is 1.76 bits per heavy atom. The third-order valence-corrected chi connectivity index (χ3v) is 8.96. The number of hydrogen-bond acceptors (Lipinski definition) is 1. The first-order chi connectivity index (χ1) is 20.8. The van der Waals surface area contributed by atoms with Crippen LogP contribution in [0.4, 0.5) is 0 Å². The summed E-state index contributed by atoms with van der Waals surface area (Å²) in [5.74, 6) is 0.959. The zero-order chi connectivity index (χ0) is 27.4. The van der Waals surface area contributed by atoms with E-state index in [-0.39, 0.29) is 0 Å². The highest BCUT2D eigenvalue weighted by molar-refractivity contribution is 6.20. The van der Waals surface area contributed by atoms with Crippen molar-refractivity contribution in [3.05, 3.63) is 140 Å². The maximum atomic E-state index is 5.27. The molecule has 42 heavy (non-hydrogen) atoms. The summed E-state index contributed by atoms with van der Waals surface area (Å²) in [6, 6.07) is 50.6. The largest absolute Gasteiger partial charge is 0.277 e. The van der Waals surface area contributed by atoms with Crippen LogP contribution in [-0.4, -0.2) is 13.8 Å². The van der Waals surface area contributed by atoms with Gasteiger partial charge in [-0.25, -0.2) is 4.98 Å². The van der Waals surface area contributed by atoms with E-state index in [1.807, 2.05) is 0 Å². The summed E-state index contributed by atoms with van der Waals surface area (Å²) in [7, 11) is 0. The van der Waals surface area contributed by atoms with E-state index in [0.29, 0.717) is 0 Å². The Balaban J connectivity index is 1.37. The van der Waals surface area contributed by atoms with Crippen LogP contribution < -0.4 is 0 Å². The van der Waals surface area contributed by atoms with E-state index in [4.69, 9.17) is 4.98 Å². The molecule has 0 saturated heterocycles. The molecule has 7 aromatic carbocycles. The van der Waals surface area contributed by atoms with Crippen molar-refractivity contribution in [1.29, 1.82) is 0 Å². The molecule has 0 aliphatic heterocycles. The number of benzene rings is 7. The maximum absolute atomic E-state index is 5.27. The summed E-state index contributed by atoms with van der Waals surface area (Å²) >= 11 is 0. The van der Waals surface area contributed by atoms with Gasteiger partial charge in [0, 0.05) is 10.8 Å². The Hall–Kier alpha value is -5.67. The van der Waals surface area contributed by atoms with Crippen LogP contribution in [0.2, 0.25) is 0 Å². The summed E-state index contributed by atoms with van der Waals surface area (Å²) < 4.78 is 4.74. The van der Waals surface area contributed by atoms with Crippen molar-refractivity contribution in [2.24, 2.45) is 0 Å². The van der Waals surface area contributed by atoms with E-state index in [1.54, 1.807) is 0 Å². The second-order valence-corrected chi connectivity index (χ2v) is 11.3. The van der Waals surface area contributed by atoms with E-state index in [0.717, 1.165) is 16.8 Å². The number of rotatable bonds is 2. The lowest BCUT2D eigenvalue weighted by Crippen LogP contribution is -1.86. The molecular weight excluding hydrogens is 510 g/mol. The smallest absolute Gasteiger partial charge is 0.220 e. The Bertz CT molecular complexity index is 2670. The van der Waals surface area contributed by atoms with Crippen LogP contribution in [0.25, 0.3) is 87.9 Å². The van der Waals surface area contributed by atoms with Crippen molar-refractivity contribution in [3.8, 4) is 22.3 Å². The van der Waals surface area contributed by atoms with Crippen LogP contribution in [0, 0.1) is 0 Å². The Labute approximate surface area is 240 Å². The molecule has 194 valence electrons. The van der Waals surface area contributed by atoms with Gasteiger partial charge in [0.2, 0.25) is 5.78 Å². The summed E-state index contributed by atoms with van der Waals surface area (Å²) in [5, 5.41) is 7.44. The molecule has 0 radical (unpaired) electrons. The van der Waals surface area contributed by atoms with Gasteiger partial charge in [0.25, 0.3) is 0 Å². The van der Waals surface area contributed by atoms with E-state index in [2.05, 4.69) is 148 Å². The average Bonchev–Trinajstić information content (AvgIpc) is 3.68. The Morgan fingerprint density at radius 2 is 1.00 bits per heavy atom. The van der Waals surface area contributed by atoms with Crippen LogP contribution in [-0.2, 0) is 0 Å². The van der Waals surface area contributed by atoms with E-state index < -0.39 is 0 Å². The molecule has 0 amide bonds. The lowest BCUT2D eigenvalue weighted by Gasteiger charge is -2.08. The van der Waals surface area contributed by atoms with E-state index >= 15 is 0 Å². The first-order valence-corrected chi connectivity index (χ1v) is 14.4. The first kappa shape index (κ1) is 22.1. The molecule has 0 fully saturated rings. The zero-order valence-corrected chi connectivity index (χ0v) is 22.6. The quantitative estimate of drug-likeness (QED) is 0.217. The van der Waals surface area contributed by atoms with Gasteiger partial charge >= 0.3 is 0 Å². The summed E-state index contributed by atoms with van der Waals surface area (Å²) in [6.07, 6.45) is 0. The van der Waals surface area contributed by atoms with E-state index in [1.165, 1.54) is 71.1 Å². The average molecular weight is 534 g/mol. The Morgan fingerprint density at radius 1 is 0.381 bits per heavy atom. The van der Waals surface area contributed by atoms with Crippen molar-refractivity contribution < 1.29 is 0 Å². The first-order valence-electron chi connectivity index (χ1n) is 14.4. The molecule has 0 unspecified atom stereocenters. The topological polar surface area (TPSA) is 21.7 Å². The maximum Gasteiger partial charge on any atom is 0.220 e. The number of aromatic nitrogens is 3. The predicted molar refractivity (Wildman–Crippen MR) is 176 cm³/mol. The molecule has 0 aliphatic rings. The van der Waals surface area contributed by atoms with Crippen molar-refractivity contribution in [3.63, 3.8) is 0 Å². The summed E-state index contributed by atoms with van der Waals surface area (Å²) in [5.41, 5.74) is 10.6. The van der Waals surface area contributed by atoms with E-state index in [9.17, 15) is 0 Å². The number of imidazole rings is 2. The fourth-order valence-corrected chi connectivity index (χ4v) is 7.00. The number of fused-ring (bicyclic) bond motifs is 10. The van der Waals surface area contributed by atoms with Gasteiger partial charge in [-0.05, 0) is 86.3 Å². The van der Waals surface area contributed by atoms with Gasteiger partial charge in [0.1, 0.15) is 0 Å². The van der Waals surface area contributed by atoms with Gasteiger partial charge < -0.3 is 0 Å². The molecule has 3 nitrogen and oxygen atoms in total. The van der Waals surface area contributed by atoms with Crippen molar-refractivity contribution in [2.75, 3.05) is 0 Å². The minimum Gasteiger partial charge on any atom is -0.277 e. The minimum absolute atomic E-state index is 0.959.